The van der Waals surface area contributed by atoms with Crippen LogP contribution in [0.4, 0.5) is 0 Å². The van der Waals surface area contributed by atoms with Crippen LogP contribution < -0.4 is 0 Å². The Labute approximate surface area is 98.3 Å². The van der Waals surface area contributed by atoms with Crippen molar-refractivity contribution < 1.29 is 15.0 Å². The predicted octanol–water partition coefficient (Wildman–Crippen LogP) is 1.58. The Morgan fingerprint density at radius 3 is 2.38 bits per heavy atom. The van der Waals surface area contributed by atoms with E-state index in [1.807, 2.05) is 6.92 Å². The molecule has 1 saturated heterocycles. The van der Waals surface area contributed by atoms with Gasteiger partial charge in [0.2, 0.25) is 0 Å². The Kier molecular flexibility index (Phi) is 8.21. The quantitative estimate of drug-likeness (QED) is 0.724. The molecule has 2 unspecified atom stereocenters. The molecule has 4 nitrogen and oxygen atoms in total. The summed E-state index contributed by atoms with van der Waals surface area (Å²) in [5, 5.41) is 16.5. The number of piperidine rings is 1. The molecule has 0 radical (unpaired) electrons. The van der Waals surface area contributed by atoms with Gasteiger partial charge in [-0.05, 0) is 32.2 Å². The summed E-state index contributed by atoms with van der Waals surface area (Å²) in [7, 11) is 0. The number of aliphatic hydroxyl groups is 1. The Hall–Kier alpha value is -0.610. The Morgan fingerprint density at radius 2 is 1.94 bits per heavy atom. The van der Waals surface area contributed by atoms with E-state index < -0.39 is 0 Å². The third kappa shape index (κ3) is 6.08. The molecule has 0 aromatic heterocycles. The number of carbonyl (C=O) groups is 1. The molecule has 0 aliphatic carbocycles. The van der Waals surface area contributed by atoms with Crippen LogP contribution in [0.2, 0.25) is 0 Å². The molecule has 4 heteroatoms. The average molecular weight is 231 g/mol. The maximum atomic E-state index is 9.62. The molecule has 1 aliphatic rings. The van der Waals surface area contributed by atoms with Gasteiger partial charge in [0.1, 0.15) is 0 Å². The standard InChI is InChI=1S/C11H23NO.CH2O2/c1-9(2)8-12-7-5-4-6-11(12)10(3)13;2-1-3/h9-11,13H,4-8H2,1-3H3;1H,(H,2,3). The molecule has 1 fully saturated rings. The van der Waals surface area contributed by atoms with Crippen LogP contribution in [-0.2, 0) is 4.79 Å². The first-order chi connectivity index (χ1) is 7.52. The van der Waals surface area contributed by atoms with Crippen molar-refractivity contribution in [2.24, 2.45) is 5.92 Å². The highest BCUT2D eigenvalue weighted by molar-refractivity contribution is 5.32. The molecule has 0 amide bonds. The predicted molar refractivity (Wildman–Crippen MR) is 64.4 cm³/mol. The third-order valence-electron chi connectivity index (χ3n) is 2.82. The Bertz CT molecular complexity index is 183. The van der Waals surface area contributed by atoms with E-state index in [4.69, 9.17) is 9.90 Å². The molecule has 0 aromatic carbocycles. The number of nitrogens with zero attached hydrogens (tertiary/aromatic N) is 1. The van der Waals surface area contributed by atoms with Crippen LogP contribution in [0, 0.1) is 5.92 Å². The van der Waals surface area contributed by atoms with E-state index >= 15 is 0 Å². The van der Waals surface area contributed by atoms with E-state index in [9.17, 15) is 5.11 Å². The second-order valence-electron chi connectivity index (χ2n) is 4.80. The second kappa shape index (κ2) is 8.53. The van der Waals surface area contributed by atoms with Gasteiger partial charge in [0, 0.05) is 12.6 Å². The number of hydrogen-bond acceptors (Lipinski definition) is 3. The van der Waals surface area contributed by atoms with Crippen molar-refractivity contribution in [2.45, 2.75) is 52.2 Å². The fraction of sp³-hybridized carbons (Fsp3) is 0.917. The van der Waals surface area contributed by atoms with Gasteiger partial charge in [0.15, 0.2) is 0 Å². The van der Waals surface area contributed by atoms with Gasteiger partial charge in [-0.1, -0.05) is 20.3 Å². The van der Waals surface area contributed by atoms with E-state index in [2.05, 4.69) is 18.7 Å². The maximum Gasteiger partial charge on any atom is 0.290 e. The fourth-order valence-electron chi connectivity index (χ4n) is 2.26. The van der Waals surface area contributed by atoms with Crippen molar-refractivity contribution in [1.82, 2.24) is 4.90 Å². The molecule has 0 saturated carbocycles. The molecule has 1 heterocycles. The Morgan fingerprint density at radius 1 is 1.38 bits per heavy atom. The van der Waals surface area contributed by atoms with Crippen molar-refractivity contribution in [3.05, 3.63) is 0 Å². The molecule has 96 valence electrons. The zero-order chi connectivity index (χ0) is 12.6. The summed E-state index contributed by atoms with van der Waals surface area (Å²) < 4.78 is 0. The summed E-state index contributed by atoms with van der Waals surface area (Å²) in [6.45, 7) is 8.47. The first-order valence-electron chi connectivity index (χ1n) is 6.02. The normalized spacial score (nSPS) is 23.4. The molecule has 1 aliphatic heterocycles. The van der Waals surface area contributed by atoms with Crippen molar-refractivity contribution in [3.8, 4) is 0 Å². The largest absolute Gasteiger partial charge is 0.483 e. The van der Waals surface area contributed by atoms with E-state index in [0.717, 1.165) is 6.54 Å². The summed E-state index contributed by atoms with van der Waals surface area (Å²) in [5.74, 6) is 0.708. The summed E-state index contributed by atoms with van der Waals surface area (Å²) in [6.07, 6.45) is 3.59. The van der Waals surface area contributed by atoms with Gasteiger partial charge in [-0.2, -0.15) is 0 Å². The third-order valence-corrected chi connectivity index (χ3v) is 2.82. The maximum absolute atomic E-state index is 9.62. The van der Waals surface area contributed by atoms with Crippen LogP contribution >= 0.6 is 0 Å². The highest BCUT2D eigenvalue weighted by Crippen LogP contribution is 2.20. The van der Waals surface area contributed by atoms with Gasteiger partial charge in [-0.15, -0.1) is 0 Å². The number of likely N-dealkylation sites (tertiary alicyclic amines) is 1. The van der Waals surface area contributed by atoms with Gasteiger partial charge >= 0.3 is 0 Å². The Balaban J connectivity index is 0.000000673. The van der Waals surface area contributed by atoms with Gasteiger partial charge in [-0.25, -0.2) is 0 Å². The minimum atomic E-state index is -0.250. The summed E-state index contributed by atoms with van der Waals surface area (Å²) in [4.78, 5) is 10.8. The van der Waals surface area contributed by atoms with Crippen molar-refractivity contribution in [3.63, 3.8) is 0 Å². The molecule has 16 heavy (non-hydrogen) atoms. The highest BCUT2D eigenvalue weighted by Gasteiger charge is 2.26. The van der Waals surface area contributed by atoms with E-state index in [1.54, 1.807) is 0 Å². The monoisotopic (exact) mass is 231 g/mol. The van der Waals surface area contributed by atoms with Crippen LogP contribution in [-0.4, -0.2) is 46.8 Å². The lowest BCUT2D eigenvalue weighted by Crippen LogP contribution is -2.47. The zero-order valence-corrected chi connectivity index (χ0v) is 10.6. The summed E-state index contributed by atoms with van der Waals surface area (Å²) in [6, 6.07) is 0.413. The van der Waals surface area contributed by atoms with Crippen LogP contribution in [0.5, 0.6) is 0 Å². The van der Waals surface area contributed by atoms with Crippen molar-refractivity contribution in [2.75, 3.05) is 13.1 Å². The van der Waals surface area contributed by atoms with Crippen LogP contribution in [0.25, 0.3) is 0 Å². The fourth-order valence-corrected chi connectivity index (χ4v) is 2.26. The van der Waals surface area contributed by atoms with Crippen LogP contribution in [0.15, 0.2) is 0 Å². The molecule has 2 atom stereocenters. The van der Waals surface area contributed by atoms with Gasteiger partial charge in [0.25, 0.3) is 6.47 Å². The van der Waals surface area contributed by atoms with Crippen LogP contribution in [0.1, 0.15) is 40.0 Å². The highest BCUT2D eigenvalue weighted by atomic mass is 16.3. The summed E-state index contributed by atoms with van der Waals surface area (Å²) in [5.41, 5.74) is 0. The molecule has 0 spiro atoms. The van der Waals surface area contributed by atoms with Crippen LogP contribution in [0.3, 0.4) is 0 Å². The van der Waals surface area contributed by atoms with Gasteiger partial charge < -0.3 is 10.2 Å². The van der Waals surface area contributed by atoms with E-state index in [0.29, 0.717) is 12.0 Å². The summed E-state index contributed by atoms with van der Waals surface area (Å²) >= 11 is 0. The van der Waals surface area contributed by atoms with Gasteiger partial charge in [-0.3, -0.25) is 9.69 Å². The molecule has 0 aromatic rings. The number of carboxylic acid groups (broad SMARTS) is 1. The SMILES string of the molecule is CC(C)CN1CCCCC1C(C)O.O=CO. The average Bonchev–Trinajstić information content (AvgIpc) is 2.18. The first kappa shape index (κ1) is 15.4. The number of rotatable bonds is 3. The smallest absolute Gasteiger partial charge is 0.290 e. The van der Waals surface area contributed by atoms with Crippen molar-refractivity contribution >= 4 is 6.47 Å². The van der Waals surface area contributed by atoms with E-state index in [-0.39, 0.29) is 12.6 Å². The molecule has 0 bridgehead atoms. The zero-order valence-electron chi connectivity index (χ0n) is 10.6. The molecular weight excluding hydrogens is 206 g/mol. The topological polar surface area (TPSA) is 60.8 Å². The molecule has 2 N–H and O–H groups in total. The van der Waals surface area contributed by atoms with E-state index in [1.165, 1.54) is 25.8 Å². The molecular formula is C12H25NO3. The first-order valence-corrected chi connectivity index (χ1v) is 6.02. The minimum Gasteiger partial charge on any atom is -0.483 e. The molecule has 1 rings (SSSR count). The lowest BCUT2D eigenvalue weighted by Gasteiger charge is -2.38. The van der Waals surface area contributed by atoms with Crippen molar-refractivity contribution in [1.29, 1.82) is 0 Å². The second-order valence-corrected chi connectivity index (χ2v) is 4.80. The number of aliphatic hydroxyl groups excluding tert-OH is 1. The lowest BCUT2D eigenvalue weighted by molar-refractivity contribution is -0.122. The number of hydrogen-bond donors (Lipinski definition) is 2. The lowest BCUT2D eigenvalue weighted by atomic mass is 9.97. The minimum absolute atomic E-state index is 0.168. The van der Waals surface area contributed by atoms with Gasteiger partial charge in [0.05, 0.1) is 6.10 Å².